The number of rotatable bonds is 6. The molecule has 0 unspecified atom stereocenters. The fourth-order valence-electron chi connectivity index (χ4n) is 2.28. The number of benzene rings is 2. The fourth-order valence-corrected chi connectivity index (χ4v) is 2.57. The standard InChI is InChI=1S/C20H17ClO5/c1-14(18(23)24)12-13-17(22)26-19(25)20(21,15-8-4-2-5-9-15)16-10-6-3-7-11-16/h2-12H,13H2,1H3,(H,23,24). The van der Waals surface area contributed by atoms with Gasteiger partial charge in [0.25, 0.3) is 0 Å². The fraction of sp³-hybridized carbons (Fsp3) is 0.150. The predicted molar refractivity (Wildman–Crippen MR) is 96.6 cm³/mol. The van der Waals surface area contributed by atoms with E-state index in [1.807, 2.05) is 0 Å². The van der Waals surface area contributed by atoms with Gasteiger partial charge in [-0.25, -0.2) is 9.59 Å². The van der Waals surface area contributed by atoms with Crippen LogP contribution in [-0.4, -0.2) is 23.0 Å². The quantitative estimate of drug-likeness (QED) is 0.362. The van der Waals surface area contributed by atoms with Crippen molar-refractivity contribution in [2.24, 2.45) is 0 Å². The van der Waals surface area contributed by atoms with E-state index in [0.717, 1.165) is 0 Å². The minimum atomic E-state index is -1.69. The molecular weight excluding hydrogens is 356 g/mol. The highest BCUT2D eigenvalue weighted by Gasteiger charge is 2.42. The van der Waals surface area contributed by atoms with Gasteiger partial charge in [0.1, 0.15) is 0 Å². The average molecular weight is 373 g/mol. The molecule has 0 aromatic heterocycles. The first-order valence-electron chi connectivity index (χ1n) is 7.81. The lowest BCUT2D eigenvalue weighted by Crippen LogP contribution is -2.34. The van der Waals surface area contributed by atoms with Gasteiger partial charge in [0.15, 0.2) is 4.87 Å². The highest BCUT2D eigenvalue weighted by molar-refractivity contribution is 6.36. The molecule has 0 amide bonds. The number of esters is 2. The third-order valence-corrected chi connectivity index (χ3v) is 4.33. The van der Waals surface area contributed by atoms with Gasteiger partial charge in [0, 0.05) is 5.57 Å². The molecule has 0 aliphatic carbocycles. The summed E-state index contributed by atoms with van der Waals surface area (Å²) in [7, 11) is 0. The lowest BCUT2D eigenvalue weighted by atomic mass is 9.90. The number of halogens is 1. The average Bonchev–Trinajstić information content (AvgIpc) is 2.66. The zero-order valence-electron chi connectivity index (χ0n) is 14.0. The number of hydrogen-bond donors (Lipinski definition) is 1. The van der Waals surface area contributed by atoms with Crippen LogP contribution in [0.2, 0.25) is 0 Å². The molecule has 0 radical (unpaired) electrons. The Morgan fingerprint density at radius 1 is 1.00 bits per heavy atom. The molecule has 134 valence electrons. The Labute approximate surface area is 155 Å². The van der Waals surface area contributed by atoms with Gasteiger partial charge in [0.05, 0.1) is 6.42 Å². The van der Waals surface area contributed by atoms with Crippen LogP contribution in [0.5, 0.6) is 0 Å². The molecule has 0 bridgehead atoms. The van der Waals surface area contributed by atoms with Crippen molar-refractivity contribution in [3.8, 4) is 0 Å². The monoisotopic (exact) mass is 372 g/mol. The number of ether oxygens (including phenoxy) is 1. The molecule has 0 saturated carbocycles. The Morgan fingerprint density at radius 2 is 1.46 bits per heavy atom. The maximum Gasteiger partial charge on any atom is 0.344 e. The molecule has 0 atom stereocenters. The van der Waals surface area contributed by atoms with Gasteiger partial charge in [-0.2, -0.15) is 0 Å². The van der Waals surface area contributed by atoms with E-state index in [0.29, 0.717) is 11.1 Å². The number of carbonyl (C=O) groups excluding carboxylic acids is 2. The van der Waals surface area contributed by atoms with Gasteiger partial charge in [0.2, 0.25) is 0 Å². The summed E-state index contributed by atoms with van der Waals surface area (Å²) in [6.45, 7) is 1.34. The highest BCUT2D eigenvalue weighted by atomic mass is 35.5. The molecule has 1 N–H and O–H groups in total. The zero-order chi connectivity index (χ0) is 19.2. The van der Waals surface area contributed by atoms with Crippen molar-refractivity contribution in [3.63, 3.8) is 0 Å². The molecule has 2 rings (SSSR count). The number of carbonyl (C=O) groups is 3. The summed E-state index contributed by atoms with van der Waals surface area (Å²) in [5.74, 6) is -2.97. The van der Waals surface area contributed by atoms with Crippen LogP contribution in [0.1, 0.15) is 24.5 Å². The Bertz CT molecular complexity index is 788. The van der Waals surface area contributed by atoms with Crippen molar-refractivity contribution in [1.82, 2.24) is 0 Å². The molecule has 26 heavy (non-hydrogen) atoms. The highest BCUT2D eigenvalue weighted by Crippen LogP contribution is 2.38. The molecule has 0 fully saturated rings. The first kappa shape index (κ1) is 19.4. The summed E-state index contributed by atoms with van der Waals surface area (Å²) in [5.41, 5.74) is 0.906. The van der Waals surface area contributed by atoms with Crippen molar-refractivity contribution in [2.45, 2.75) is 18.2 Å². The topological polar surface area (TPSA) is 80.7 Å². The van der Waals surface area contributed by atoms with Gasteiger partial charge in [-0.1, -0.05) is 78.3 Å². The molecule has 0 heterocycles. The lowest BCUT2D eigenvalue weighted by molar-refractivity contribution is -0.160. The van der Waals surface area contributed by atoms with Gasteiger partial charge < -0.3 is 9.84 Å². The normalized spacial score (nSPS) is 11.7. The van der Waals surface area contributed by atoms with Crippen LogP contribution in [0.15, 0.2) is 72.3 Å². The molecule has 0 spiro atoms. The van der Waals surface area contributed by atoms with Crippen molar-refractivity contribution in [1.29, 1.82) is 0 Å². The predicted octanol–water partition coefficient (Wildman–Crippen LogP) is 3.66. The SMILES string of the molecule is CC(=CCC(=O)OC(=O)C(Cl)(c1ccccc1)c1ccccc1)C(=O)O. The third-order valence-electron chi connectivity index (χ3n) is 3.74. The second-order valence-electron chi connectivity index (χ2n) is 5.55. The molecule has 0 saturated heterocycles. The summed E-state index contributed by atoms with van der Waals surface area (Å²) in [5, 5.41) is 8.79. The van der Waals surface area contributed by atoms with Gasteiger partial charge in [-0.3, -0.25) is 4.79 Å². The van der Waals surface area contributed by atoms with E-state index in [-0.39, 0.29) is 12.0 Å². The van der Waals surface area contributed by atoms with Crippen LogP contribution < -0.4 is 0 Å². The van der Waals surface area contributed by atoms with Crippen LogP contribution in [0.4, 0.5) is 0 Å². The first-order chi connectivity index (χ1) is 12.4. The Hall–Kier alpha value is -2.92. The maximum absolute atomic E-state index is 12.7. The molecule has 5 nitrogen and oxygen atoms in total. The summed E-state index contributed by atoms with van der Waals surface area (Å²) < 4.78 is 4.91. The van der Waals surface area contributed by atoms with Crippen LogP contribution >= 0.6 is 11.6 Å². The summed E-state index contributed by atoms with van der Waals surface area (Å²) in [4.78, 5) is 33.8. The van der Waals surface area contributed by atoms with Crippen molar-refractivity contribution in [2.75, 3.05) is 0 Å². The number of hydrogen-bond acceptors (Lipinski definition) is 4. The van der Waals surface area contributed by atoms with E-state index in [1.165, 1.54) is 13.0 Å². The van der Waals surface area contributed by atoms with Gasteiger partial charge in [-0.05, 0) is 18.1 Å². The van der Waals surface area contributed by atoms with E-state index in [1.54, 1.807) is 60.7 Å². The smallest absolute Gasteiger partial charge is 0.344 e. The molecule has 2 aromatic rings. The number of aliphatic carboxylic acids is 1. The summed E-state index contributed by atoms with van der Waals surface area (Å²) in [6.07, 6.45) is 0.833. The van der Waals surface area contributed by atoms with Gasteiger partial charge >= 0.3 is 17.9 Å². The first-order valence-corrected chi connectivity index (χ1v) is 8.18. The van der Waals surface area contributed by atoms with Gasteiger partial charge in [-0.15, -0.1) is 0 Å². The second kappa shape index (κ2) is 8.45. The maximum atomic E-state index is 12.7. The van der Waals surface area contributed by atoms with Crippen LogP contribution in [0.25, 0.3) is 0 Å². The molecule has 6 heteroatoms. The molecule has 0 aliphatic heterocycles. The minimum Gasteiger partial charge on any atom is -0.478 e. The van der Waals surface area contributed by atoms with Crippen LogP contribution in [0, 0.1) is 0 Å². The van der Waals surface area contributed by atoms with E-state index in [2.05, 4.69) is 0 Å². The summed E-state index contributed by atoms with van der Waals surface area (Å²) >= 11 is 6.66. The van der Waals surface area contributed by atoms with Crippen molar-refractivity contribution < 1.29 is 24.2 Å². The number of alkyl halides is 1. The van der Waals surface area contributed by atoms with E-state index in [4.69, 9.17) is 21.4 Å². The van der Waals surface area contributed by atoms with Crippen molar-refractivity contribution >= 4 is 29.5 Å². The van der Waals surface area contributed by atoms with Crippen LogP contribution in [0.3, 0.4) is 0 Å². The third kappa shape index (κ3) is 4.37. The van der Waals surface area contributed by atoms with E-state index in [9.17, 15) is 14.4 Å². The number of carboxylic acid groups (broad SMARTS) is 1. The Morgan fingerprint density at radius 3 is 1.88 bits per heavy atom. The van der Waals surface area contributed by atoms with Crippen molar-refractivity contribution in [3.05, 3.63) is 83.4 Å². The van der Waals surface area contributed by atoms with E-state index >= 15 is 0 Å². The van der Waals surface area contributed by atoms with Crippen LogP contribution in [-0.2, 0) is 24.0 Å². The Kier molecular flexibility index (Phi) is 6.31. The minimum absolute atomic E-state index is 0.0161. The summed E-state index contributed by atoms with van der Waals surface area (Å²) in [6, 6.07) is 17.1. The Balaban J connectivity index is 2.29. The zero-order valence-corrected chi connectivity index (χ0v) is 14.8. The largest absolute Gasteiger partial charge is 0.478 e. The molecule has 0 aliphatic rings. The molecule has 2 aromatic carbocycles. The second-order valence-corrected chi connectivity index (χ2v) is 6.12. The molecular formula is C20H17ClO5. The number of carboxylic acids is 1. The lowest BCUT2D eigenvalue weighted by Gasteiger charge is -2.25. The van der Waals surface area contributed by atoms with E-state index < -0.39 is 22.8 Å².